The Bertz CT molecular complexity index is 230. The standard InChI is InChI=1S/C13H25N3/c1-4-11(2)10-16(3)8-7-13(9-14)15-12-5-6-12/h11-13,15H,4-8,10H2,1-3H3. The average Bonchev–Trinajstić information content (AvgIpc) is 3.07. The van der Waals surface area contributed by atoms with E-state index in [0.29, 0.717) is 6.04 Å². The van der Waals surface area contributed by atoms with E-state index >= 15 is 0 Å². The van der Waals surface area contributed by atoms with E-state index < -0.39 is 0 Å². The predicted molar refractivity (Wildman–Crippen MR) is 67.1 cm³/mol. The highest BCUT2D eigenvalue weighted by atomic mass is 15.1. The van der Waals surface area contributed by atoms with E-state index in [1.807, 2.05) is 0 Å². The molecule has 16 heavy (non-hydrogen) atoms. The van der Waals surface area contributed by atoms with Gasteiger partial charge >= 0.3 is 0 Å². The third kappa shape index (κ3) is 5.48. The SMILES string of the molecule is CCC(C)CN(C)CCC(C#N)NC1CC1. The highest BCUT2D eigenvalue weighted by Crippen LogP contribution is 2.19. The second kappa shape index (κ2) is 6.88. The summed E-state index contributed by atoms with van der Waals surface area (Å²) in [6.45, 7) is 6.66. The minimum atomic E-state index is 0.0480. The van der Waals surface area contributed by atoms with Crippen molar-refractivity contribution < 1.29 is 0 Å². The Labute approximate surface area is 99.8 Å². The van der Waals surface area contributed by atoms with Crippen LogP contribution in [-0.4, -0.2) is 37.1 Å². The van der Waals surface area contributed by atoms with E-state index in [4.69, 9.17) is 5.26 Å². The second-order valence-electron chi connectivity index (χ2n) is 5.19. The lowest BCUT2D eigenvalue weighted by Crippen LogP contribution is -2.34. The van der Waals surface area contributed by atoms with Gasteiger partial charge in [0.2, 0.25) is 0 Å². The lowest BCUT2D eigenvalue weighted by Gasteiger charge is -2.21. The molecule has 0 saturated heterocycles. The van der Waals surface area contributed by atoms with E-state index in [1.54, 1.807) is 0 Å². The van der Waals surface area contributed by atoms with Gasteiger partial charge in [0, 0.05) is 19.1 Å². The van der Waals surface area contributed by atoms with Crippen molar-refractivity contribution in [1.29, 1.82) is 5.26 Å². The molecular weight excluding hydrogens is 198 g/mol. The van der Waals surface area contributed by atoms with Crippen molar-refractivity contribution in [3.8, 4) is 6.07 Å². The van der Waals surface area contributed by atoms with Crippen LogP contribution < -0.4 is 5.32 Å². The number of hydrogen-bond donors (Lipinski definition) is 1. The van der Waals surface area contributed by atoms with Gasteiger partial charge in [-0.15, -0.1) is 0 Å². The van der Waals surface area contributed by atoms with Gasteiger partial charge in [-0.3, -0.25) is 5.32 Å². The van der Waals surface area contributed by atoms with Crippen LogP contribution in [0.5, 0.6) is 0 Å². The Morgan fingerprint density at radius 3 is 2.69 bits per heavy atom. The van der Waals surface area contributed by atoms with Crippen LogP contribution in [0.4, 0.5) is 0 Å². The lowest BCUT2D eigenvalue weighted by molar-refractivity contribution is 0.272. The van der Waals surface area contributed by atoms with E-state index in [9.17, 15) is 0 Å². The fourth-order valence-electron chi connectivity index (χ4n) is 1.82. The first-order valence-corrected chi connectivity index (χ1v) is 6.49. The Balaban J connectivity index is 2.13. The molecule has 0 bridgehead atoms. The molecule has 0 amide bonds. The van der Waals surface area contributed by atoms with Gasteiger partial charge < -0.3 is 4.90 Å². The molecule has 0 aromatic heterocycles. The van der Waals surface area contributed by atoms with Gasteiger partial charge in [-0.05, 0) is 32.2 Å². The van der Waals surface area contributed by atoms with Crippen LogP contribution in [0.1, 0.15) is 39.5 Å². The van der Waals surface area contributed by atoms with E-state index in [0.717, 1.165) is 25.4 Å². The molecule has 0 aromatic carbocycles. The number of nitrogens with zero attached hydrogens (tertiary/aromatic N) is 2. The van der Waals surface area contributed by atoms with Crippen molar-refractivity contribution in [3.63, 3.8) is 0 Å². The van der Waals surface area contributed by atoms with Gasteiger partial charge in [-0.2, -0.15) is 5.26 Å². The molecule has 1 saturated carbocycles. The first-order chi connectivity index (χ1) is 7.65. The predicted octanol–water partition coefficient (Wildman–Crippen LogP) is 2.00. The largest absolute Gasteiger partial charge is 0.306 e. The first-order valence-electron chi connectivity index (χ1n) is 6.49. The minimum absolute atomic E-state index is 0.0480. The van der Waals surface area contributed by atoms with Crippen LogP contribution in [-0.2, 0) is 0 Å². The van der Waals surface area contributed by atoms with Gasteiger partial charge in [-0.1, -0.05) is 20.3 Å². The Hall–Kier alpha value is -0.590. The average molecular weight is 223 g/mol. The van der Waals surface area contributed by atoms with Crippen LogP contribution in [0, 0.1) is 17.2 Å². The van der Waals surface area contributed by atoms with Crippen LogP contribution in [0.3, 0.4) is 0 Å². The monoisotopic (exact) mass is 223 g/mol. The molecule has 92 valence electrons. The Morgan fingerprint density at radius 2 is 2.19 bits per heavy atom. The molecule has 0 aromatic rings. The highest BCUT2D eigenvalue weighted by molar-refractivity contribution is 4.95. The summed E-state index contributed by atoms with van der Waals surface area (Å²) in [6.07, 6.45) is 4.67. The Kier molecular flexibility index (Phi) is 5.79. The maximum absolute atomic E-state index is 9.01. The Morgan fingerprint density at radius 1 is 1.50 bits per heavy atom. The highest BCUT2D eigenvalue weighted by Gasteiger charge is 2.24. The van der Waals surface area contributed by atoms with Crippen molar-refractivity contribution in [2.45, 2.75) is 51.6 Å². The smallest absolute Gasteiger partial charge is 0.0967 e. The second-order valence-corrected chi connectivity index (χ2v) is 5.19. The minimum Gasteiger partial charge on any atom is -0.306 e. The molecule has 3 nitrogen and oxygen atoms in total. The topological polar surface area (TPSA) is 39.1 Å². The number of nitrogens with one attached hydrogen (secondary N) is 1. The fraction of sp³-hybridized carbons (Fsp3) is 0.923. The molecule has 0 radical (unpaired) electrons. The summed E-state index contributed by atoms with van der Waals surface area (Å²) in [6, 6.07) is 3.04. The van der Waals surface area contributed by atoms with E-state index in [-0.39, 0.29) is 6.04 Å². The summed E-state index contributed by atoms with van der Waals surface area (Å²) >= 11 is 0. The first kappa shape index (κ1) is 13.5. The number of nitriles is 1. The molecule has 2 atom stereocenters. The number of hydrogen-bond acceptors (Lipinski definition) is 3. The molecule has 1 fully saturated rings. The zero-order valence-electron chi connectivity index (χ0n) is 10.9. The molecule has 1 N–H and O–H groups in total. The van der Waals surface area contributed by atoms with Crippen molar-refractivity contribution in [1.82, 2.24) is 10.2 Å². The normalized spacial score (nSPS) is 19.4. The van der Waals surface area contributed by atoms with E-state index in [1.165, 1.54) is 19.3 Å². The molecule has 1 aliphatic carbocycles. The third-order valence-corrected chi connectivity index (χ3v) is 3.29. The summed E-state index contributed by atoms with van der Waals surface area (Å²) in [5.41, 5.74) is 0. The third-order valence-electron chi connectivity index (χ3n) is 3.29. The fourth-order valence-corrected chi connectivity index (χ4v) is 1.82. The van der Waals surface area contributed by atoms with Gasteiger partial charge in [0.25, 0.3) is 0 Å². The van der Waals surface area contributed by atoms with Crippen molar-refractivity contribution >= 4 is 0 Å². The van der Waals surface area contributed by atoms with Gasteiger partial charge in [-0.25, -0.2) is 0 Å². The molecular formula is C13H25N3. The summed E-state index contributed by atoms with van der Waals surface area (Å²) in [5, 5.41) is 12.4. The maximum atomic E-state index is 9.01. The van der Waals surface area contributed by atoms with Crippen LogP contribution in [0.15, 0.2) is 0 Å². The van der Waals surface area contributed by atoms with Crippen molar-refractivity contribution in [2.24, 2.45) is 5.92 Å². The zero-order chi connectivity index (χ0) is 12.0. The quantitative estimate of drug-likeness (QED) is 0.684. The van der Waals surface area contributed by atoms with Crippen molar-refractivity contribution in [2.75, 3.05) is 20.1 Å². The number of rotatable bonds is 8. The van der Waals surface area contributed by atoms with Crippen molar-refractivity contribution in [3.05, 3.63) is 0 Å². The van der Waals surface area contributed by atoms with Gasteiger partial charge in [0.1, 0.15) is 0 Å². The van der Waals surface area contributed by atoms with Crippen LogP contribution in [0.25, 0.3) is 0 Å². The zero-order valence-corrected chi connectivity index (χ0v) is 10.9. The van der Waals surface area contributed by atoms with Gasteiger partial charge in [0.05, 0.1) is 12.1 Å². The summed E-state index contributed by atoms with van der Waals surface area (Å²) in [4.78, 5) is 2.34. The summed E-state index contributed by atoms with van der Waals surface area (Å²) in [7, 11) is 2.15. The van der Waals surface area contributed by atoms with Crippen LogP contribution >= 0.6 is 0 Å². The molecule has 3 heteroatoms. The molecule has 1 rings (SSSR count). The molecule has 0 spiro atoms. The molecule has 1 aliphatic rings. The summed E-state index contributed by atoms with van der Waals surface area (Å²) in [5.74, 6) is 0.752. The molecule has 2 unspecified atom stereocenters. The van der Waals surface area contributed by atoms with E-state index in [2.05, 4.69) is 37.2 Å². The van der Waals surface area contributed by atoms with Gasteiger partial charge in [0.15, 0.2) is 0 Å². The molecule has 0 heterocycles. The summed E-state index contributed by atoms with van der Waals surface area (Å²) < 4.78 is 0. The van der Waals surface area contributed by atoms with Crippen LogP contribution in [0.2, 0.25) is 0 Å². The lowest BCUT2D eigenvalue weighted by atomic mass is 10.1. The maximum Gasteiger partial charge on any atom is 0.0967 e. The molecule has 0 aliphatic heterocycles.